The molecule has 0 heterocycles. The highest BCUT2D eigenvalue weighted by Crippen LogP contribution is 2.27. The van der Waals surface area contributed by atoms with E-state index in [1.54, 1.807) is 6.07 Å². The summed E-state index contributed by atoms with van der Waals surface area (Å²) in [5.74, 6) is -0.642. The van der Waals surface area contributed by atoms with Crippen molar-refractivity contribution in [3.63, 3.8) is 0 Å². The Bertz CT molecular complexity index is 677. The van der Waals surface area contributed by atoms with Gasteiger partial charge >= 0.3 is 6.36 Å². The maximum absolute atomic E-state index is 12.5. The van der Waals surface area contributed by atoms with Crippen molar-refractivity contribution < 1.29 is 27.5 Å². The standard InChI is InChI=1S/C20H27F3N2O3/c1-13(2)24-19(27)15-7-5-8-16(12-15)25-18(26)11-10-14-6-3-4-9-17(14)28-20(21,22)23/h3-4,6,9,13,15-16H,5,7-8,10-12H2,1-2H3,(H,24,27)(H,25,26). The molecule has 2 atom stereocenters. The first-order valence-corrected chi connectivity index (χ1v) is 9.57. The number of hydrogen-bond acceptors (Lipinski definition) is 3. The van der Waals surface area contributed by atoms with Crippen molar-refractivity contribution in [3.05, 3.63) is 29.8 Å². The van der Waals surface area contributed by atoms with Crippen LogP contribution in [0.25, 0.3) is 0 Å². The van der Waals surface area contributed by atoms with E-state index in [2.05, 4.69) is 15.4 Å². The van der Waals surface area contributed by atoms with Crippen molar-refractivity contribution in [3.8, 4) is 5.75 Å². The highest BCUT2D eigenvalue weighted by atomic mass is 19.4. The Morgan fingerprint density at radius 3 is 2.61 bits per heavy atom. The number of rotatable bonds is 7. The van der Waals surface area contributed by atoms with Crippen molar-refractivity contribution >= 4 is 11.8 Å². The fourth-order valence-corrected chi connectivity index (χ4v) is 3.44. The molecule has 0 saturated heterocycles. The molecule has 1 aromatic rings. The molecule has 0 bridgehead atoms. The minimum Gasteiger partial charge on any atom is -0.406 e. The van der Waals surface area contributed by atoms with E-state index in [0.717, 1.165) is 19.3 Å². The smallest absolute Gasteiger partial charge is 0.406 e. The maximum atomic E-state index is 12.5. The Kier molecular flexibility index (Phi) is 7.71. The largest absolute Gasteiger partial charge is 0.573 e. The summed E-state index contributed by atoms with van der Waals surface area (Å²) in [5.41, 5.74) is 0.327. The van der Waals surface area contributed by atoms with Gasteiger partial charge in [-0.3, -0.25) is 9.59 Å². The second-order valence-corrected chi connectivity index (χ2v) is 7.45. The zero-order valence-corrected chi connectivity index (χ0v) is 16.1. The molecule has 2 unspecified atom stereocenters. The molecule has 1 aromatic carbocycles. The minimum atomic E-state index is -4.77. The van der Waals surface area contributed by atoms with Gasteiger partial charge in [0.15, 0.2) is 0 Å². The molecule has 1 aliphatic carbocycles. The van der Waals surface area contributed by atoms with E-state index in [1.807, 2.05) is 13.8 Å². The summed E-state index contributed by atoms with van der Waals surface area (Å²) in [6, 6.07) is 5.79. The quantitative estimate of drug-likeness (QED) is 0.733. The highest BCUT2D eigenvalue weighted by molar-refractivity contribution is 5.79. The summed E-state index contributed by atoms with van der Waals surface area (Å²) in [6.45, 7) is 3.81. The predicted molar refractivity (Wildman–Crippen MR) is 98.6 cm³/mol. The van der Waals surface area contributed by atoms with Gasteiger partial charge in [-0.05, 0) is 51.2 Å². The van der Waals surface area contributed by atoms with Gasteiger partial charge in [0.05, 0.1) is 0 Å². The lowest BCUT2D eigenvalue weighted by Crippen LogP contribution is -2.43. The minimum absolute atomic E-state index is 0.00664. The summed E-state index contributed by atoms with van der Waals surface area (Å²) in [7, 11) is 0. The number of ether oxygens (including phenoxy) is 1. The fourth-order valence-electron chi connectivity index (χ4n) is 3.44. The first-order chi connectivity index (χ1) is 13.1. The molecule has 2 N–H and O–H groups in total. The molecule has 2 amide bonds. The third-order valence-electron chi connectivity index (χ3n) is 4.66. The summed E-state index contributed by atoms with van der Waals surface area (Å²) >= 11 is 0. The molecule has 1 fully saturated rings. The van der Waals surface area contributed by atoms with Gasteiger partial charge in [-0.15, -0.1) is 13.2 Å². The Hall–Kier alpha value is -2.25. The van der Waals surface area contributed by atoms with Crippen LogP contribution < -0.4 is 15.4 Å². The second kappa shape index (κ2) is 9.80. The van der Waals surface area contributed by atoms with Crippen molar-refractivity contribution in [2.24, 2.45) is 5.92 Å². The van der Waals surface area contributed by atoms with Crippen molar-refractivity contribution in [1.29, 1.82) is 0 Å². The van der Waals surface area contributed by atoms with Crippen LogP contribution in [0.1, 0.15) is 51.5 Å². The number of carbonyl (C=O) groups is 2. The topological polar surface area (TPSA) is 67.4 Å². The van der Waals surface area contributed by atoms with E-state index in [0.29, 0.717) is 12.0 Å². The van der Waals surface area contributed by atoms with E-state index < -0.39 is 6.36 Å². The Balaban J connectivity index is 1.85. The van der Waals surface area contributed by atoms with Gasteiger partial charge in [0.1, 0.15) is 5.75 Å². The molecule has 0 spiro atoms. The van der Waals surface area contributed by atoms with Crippen LogP contribution >= 0.6 is 0 Å². The molecule has 1 saturated carbocycles. The number of halogens is 3. The van der Waals surface area contributed by atoms with Gasteiger partial charge < -0.3 is 15.4 Å². The number of aryl methyl sites for hydroxylation is 1. The third-order valence-corrected chi connectivity index (χ3v) is 4.66. The van der Waals surface area contributed by atoms with Gasteiger partial charge in [0.2, 0.25) is 11.8 Å². The zero-order valence-electron chi connectivity index (χ0n) is 16.1. The molecule has 156 valence electrons. The number of amides is 2. The van der Waals surface area contributed by atoms with E-state index in [-0.39, 0.29) is 48.4 Å². The van der Waals surface area contributed by atoms with Crippen LogP contribution in [-0.4, -0.2) is 30.3 Å². The van der Waals surface area contributed by atoms with Crippen LogP contribution in [0.2, 0.25) is 0 Å². The SMILES string of the molecule is CC(C)NC(=O)C1CCCC(NC(=O)CCc2ccccc2OC(F)(F)F)C1. The molecule has 1 aliphatic rings. The second-order valence-electron chi connectivity index (χ2n) is 7.45. The van der Waals surface area contributed by atoms with E-state index in [1.165, 1.54) is 18.2 Å². The molecular weight excluding hydrogens is 373 g/mol. The van der Waals surface area contributed by atoms with Crippen molar-refractivity contribution in [2.75, 3.05) is 0 Å². The Labute approximate surface area is 163 Å². The number of carbonyl (C=O) groups excluding carboxylic acids is 2. The lowest BCUT2D eigenvalue weighted by atomic mass is 9.85. The van der Waals surface area contributed by atoms with E-state index in [9.17, 15) is 22.8 Å². The Morgan fingerprint density at radius 2 is 1.93 bits per heavy atom. The average molecular weight is 400 g/mol. The molecular formula is C20H27F3N2O3. The van der Waals surface area contributed by atoms with Crippen LogP contribution in [0, 0.1) is 5.92 Å². The highest BCUT2D eigenvalue weighted by Gasteiger charge is 2.32. The van der Waals surface area contributed by atoms with Crippen molar-refractivity contribution in [2.45, 2.75) is 70.8 Å². The molecule has 0 aromatic heterocycles. The van der Waals surface area contributed by atoms with Crippen LogP contribution in [0.5, 0.6) is 5.75 Å². The average Bonchev–Trinajstić information content (AvgIpc) is 2.59. The summed E-state index contributed by atoms with van der Waals surface area (Å²) in [5, 5.41) is 5.81. The molecule has 0 radical (unpaired) electrons. The number of alkyl halides is 3. The molecule has 8 heteroatoms. The lowest BCUT2D eigenvalue weighted by Gasteiger charge is -2.29. The molecule has 28 heavy (non-hydrogen) atoms. The Morgan fingerprint density at radius 1 is 1.21 bits per heavy atom. The summed E-state index contributed by atoms with van der Waals surface area (Å²) < 4.78 is 41.4. The molecule has 5 nitrogen and oxygen atoms in total. The molecule has 0 aliphatic heterocycles. The van der Waals surface area contributed by atoms with Crippen LogP contribution in [0.4, 0.5) is 13.2 Å². The first kappa shape index (κ1) is 22.0. The monoisotopic (exact) mass is 400 g/mol. The van der Waals surface area contributed by atoms with Crippen molar-refractivity contribution in [1.82, 2.24) is 10.6 Å². The van der Waals surface area contributed by atoms with Gasteiger partial charge in [-0.1, -0.05) is 24.6 Å². The van der Waals surface area contributed by atoms with E-state index >= 15 is 0 Å². The van der Waals surface area contributed by atoms with Gasteiger partial charge in [0, 0.05) is 24.4 Å². The van der Waals surface area contributed by atoms with Crippen LogP contribution in [0.3, 0.4) is 0 Å². The predicted octanol–water partition coefficient (Wildman–Crippen LogP) is 3.72. The van der Waals surface area contributed by atoms with Gasteiger partial charge in [0.25, 0.3) is 0 Å². The third kappa shape index (κ3) is 7.40. The summed E-state index contributed by atoms with van der Waals surface area (Å²) in [6.07, 6.45) is -1.55. The maximum Gasteiger partial charge on any atom is 0.573 e. The first-order valence-electron chi connectivity index (χ1n) is 9.57. The number of para-hydroxylation sites is 1. The van der Waals surface area contributed by atoms with E-state index in [4.69, 9.17) is 0 Å². The summed E-state index contributed by atoms with van der Waals surface area (Å²) in [4.78, 5) is 24.4. The molecule has 2 rings (SSSR count). The van der Waals surface area contributed by atoms with Gasteiger partial charge in [-0.25, -0.2) is 0 Å². The number of benzene rings is 1. The zero-order chi connectivity index (χ0) is 20.7. The fraction of sp³-hybridized carbons (Fsp3) is 0.600. The normalized spacial score (nSPS) is 19.9. The van der Waals surface area contributed by atoms with Crippen LogP contribution in [0.15, 0.2) is 24.3 Å². The number of hydrogen-bond donors (Lipinski definition) is 2. The van der Waals surface area contributed by atoms with Gasteiger partial charge in [-0.2, -0.15) is 0 Å². The lowest BCUT2D eigenvalue weighted by molar-refractivity contribution is -0.274. The number of nitrogens with one attached hydrogen (secondary N) is 2. The van der Waals surface area contributed by atoms with Crippen LogP contribution in [-0.2, 0) is 16.0 Å².